The van der Waals surface area contributed by atoms with Crippen LogP contribution in [0.15, 0.2) is 12.7 Å². The van der Waals surface area contributed by atoms with Crippen LogP contribution in [0.4, 0.5) is 9.59 Å². The van der Waals surface area contributed by atoms with Gasteiger partial charge in [0.05, 0.1) is 18.6 Å². The molecule has 0 radical (unpaired) electrons. The molecule has 3 fully saturated rings. The summed E-state index contributed by atoms with van der Waals surface area (Å²) < 4.78 is 0. The van der Waals surface area contributed by atoms with Gasteiger partial charge in [0.15, 0.2) is 0 Å². The second kappa shape index (κ2) is 14.9. The molecule has 14 heteroatoms. The number of amides is 8. The van der Waals surface area contributed by atoms with Gasteiger partial charge in [-0.05, 0) is 34.5 Å². The average Bonchev–Trinajstić information content (AvgIpc) is 3.25. The normalized spacial score (nSPS) is 23.3. The molecule has 6 atom stereocenters. The van der Waals surface area contributed by atoms with Crippen LogP contribution in [0.2, 0.25) is 0 Å². The molecule has 0 aromatic rings. The minimum atomic E-state index is -1.05. The van der Waals surface area contributed by atoms with Crippen LogP contribution in [0.3, 0.4) is 0 Å². The molecule has 0 aromatic heterocycles. The summed E-state index contributed by atoms with van der Waals surface area (Å²) in [5, 5.41) is 11.0. The van der Waals surface area contributed by atoms with Crippen LogP contribution in [0.25, 0.3) is 0 Å². The predicted octanol–water partition coefficient (Wildman–Crippen LogP) is 2.04. The topological polar surface area (TPSA) is 177 Å². The minimum absolute atomic E-state index is 0.0383. The van der Waals surface area contributed by atoms with Gasteiger partial charge in [-0.2, -0.15) is 0 Å². The number of likely N-dealkylation sites (tertiary alicyclic amines) is 1. The zero-order chi connectivity index (χ0) is 37.2. The van der Waals surface area contributed by atoms with E-state index in [2.05, 4.69) is 27.8 Å². The molecule has 1 aliphatic carbocycles. The summed E-state index contributed by atoms with van der Waals surface area (Å²) in [6, 6.07) is -4.74. The van der Waals surface area contributed by atoms with Gasteiger partial charge < -0.3 is 31.1 Å². The molecule has 8 amide bonds. The summed E-state index contributed by atoms with van der Waals surface area (Å²) >= 11 is 0. The number of hydrogen-bond donors (Lipinski definition) is 4. The van der Waals surface area contributed by atoms with E-state index in [1.165, 1.54) is 22.9 Å². The first kappa shape index (κ1) is 39.5. The Kier molecular flexibility index (Phi) is 12.0. The van der Waals surface area contributed by atoms with E-state index >= 15 is 0 Å². The Hall–Kier alpha value is -3.97. The third kappa shape index (κ3) is 8.80. The van der Waals surface area contributed by atoms with E-state index in [0.717, 1.165) is 11.3 Å². The molecule has 2 heterocycles. The number of carbonyl (C=O) groups excluding carboxylic acids is 7. The van der Waals surface area contributed by atoms with Gasteiger partial charge in [-0.1, -0.05) is 81.2 Å². The number of nitrogens with one attached hydrogen (secondary N) is 4. The summed E-state index contributed by atoms with van der Waals surface area (Å²) in [4.78, 5) is 96.6. The summed E-state index contributed by atoms with van der Waals surface area (Å²) in [5.41, 5.74) is -1.55. The first-order chi connectivity index (χ1) is 22.6. The fourth-order valence-corrected chi connectivity index (χ4v) is 6.87. The molecule has 274 valence electrons. The Balaban J connectivity index is 1.83. The first-order valence-electron chi connectivity index (χ1n) is 17.2. The van der Waals surface area contributed by atoms with E-state index in [1.807, 2.05) is 62.3 Å². The summed E-state index contributed by atoms with van der Waals surface area (Å²) in [5.74, 6) is -3.00. The highest BCUT2D eigenvalue weighted by atomic mass is 16.2. The molecule has 2 saturated heterocycles. The number of likely N-dealkylation sites (N-methyl/N-ethyl adjacent to an activating group) is 1. The molecular formula is C35H57N7O7. The van der Waals surface area contributed by atoms with Crippen molar-refractivity contribution in [3.05, 3.63) is 12.7 Å². The van der Waals surface area contributed by atoms with Crippen molar-refractivity contribution < 1.29 is 33.6 Å². The summed E-state index contributed by atoms with van der Waals surface area (Å²) in [6.45, 7) is 21.0. The predicted molar refractivity (Wildman–Crippen MR) is 184 cm³/mol. The highest BCUT2D eigenvalue weighted by molar-refractivity contribution is 6.38. The number of ketones is 1. The fourth-order valence-electron chi connectivity index (χ4n) is 6.87. The fraction of sp³-hybridized carbons (Fsp3) is 0.743. The smallest absolute Gasteiger partial charge is 0.327 e. The number of nitrogens with zero attached hydrogens (tertiary/aromatic N) is 3. The van der Waals surface area contributed by atoms with Crippen LogP contribution < -0.4 is 21.3 Å². The largest absolute Gasteiger partial charge is 0.346 e. The van der Waals surface area contributed by atoms with Gasteiger partial charge in [0, 0.05) is 20.1 Å². The summed E-state index contributed by atoms with van der Waals surface area (Å²) in [7, 11) is 1.54. The van der Waals surface area contributed by atoms with Gasteiger partial charge in [0.1, 0.15) is 18.6 Å². The van der Waals surface area contributed by atoms with Crippen molar-refractivity contribution in [3.8, 4) is 0 Å². The number of urea groups is 2. The van der Waals surface area contributed by atoms with Crippen LogP contribution in [-0.4, -0.2) is 114 Å². The molecule has 4 N–H and O–H groups in total. The van der Waals surface area contributed by atoms with Crippen molar-refractivity contribution >= 4 is 41.5 Å². The lowest BCUT2D eigenvalue weighted by molar-refractivity contribution is -0.145. The second-order valence-corrected chi connectivity index (χ2v) is 16.4. The van der Waals surface area contributed by atoms with Gasteiger partial charge in [-0.3, -0.25) is 28.9 Å². The number of hydrogen-bond acceptors (Lipinski definition) is 7. The van der Waals surface area contributed by atoms with E-state index in [1.54, 1.807) is 0 Å². The van der Waals surface area contributed by atoms with E-state index in [0.29, 0.717) is 13.0 Å². The third-order valence-corrected chi connectivity index (χ3v) is 10.2. The molecule has 0 spiro atoms. The first-order valence-corrected chi connectivity index (χ1v) is 17.2. The molecule has 49 heavy (non-hydrogen) atoms. The van der Waals surface area contributed by atoms with Gasteiger partial charge in [-0.25, -0.2) is 9.59 Å². The van der Waals surface area contributed by atoms with Crippen molar-refractivity contribution in [1.82, 2.24) is 36.0 Å². The number of piperidine rings is 1. The molecule has 3 rings (SSSR count). The van der Waals surface area contributed by atoms with E-state index in [-0.39, 0.29) is 49.2 Å². The Morgan fingerprint density at radius 1 is 1.00 bits per heavy atom. The maximum atomic E-state index is 14.4. The van der Waals surface area contributed by atoms with Gasteiger partial charge >= 0.3 is 12.1 Å². The number of fused-ring (bicyclic) bond motifs is 1. The molecule has 14 nitrogen and oxygen atoms in total. The van der Waals surface area contributed by atoms with E-state index in [4.69, 9.17) is 0 Å². The monoisotopic (exact) mass is 687 g/mol. The average molecular weight is 688 g/mol. The lowest BCUT2D eigenvalue weighted by Gasteiger charge is -2.39. The zero-order valence-electron chi connectivity index (χ0n) is 30.9. The molecule has 1 unspecified atom stereocenters. The lowest BCUT2D eigenvalue weighted by Crippen LogP contribution is -2.63. The number of imide groups is 1. The standard InChI is InChI=1S/C35H57N7O7/c1-12-14-15-21(26(44)29(46)36-16-13-2)37-28(45)25-24-20(35(24,9)10)17-42(25)30(47)27(34(6,7)8)39-31(48)38-22(33(3,4)5)18-41-23(43)19-40(11)32(41)49/h13,20-22,24-25,27H,2,12,14-19H2,1,3-11H3,(H,36,46)(H,37,45)(H2,38,39,48)/t20-,21?,22-,24-,25-,27+/m0/s1. The number of Topliss-reactive ketones (excluding diaryl/α,β-unsaturated/α-hetero) is 1. The van der Waals surface area contributed by atoms with Crippen LogP contribution >= 0.6 is 0 Å². The van der Waals surface area contributed by atoms with Gasteiger partial charge in [0.2, 0.25) is 23.5 Å². The van der Waals surface area contributed by atoms with Crippen molar-refractivity contribution in [2.45, 2.75) is 106 Å². The minimum Gasteiger partial charge on any atom is -0.346 e. The van der Waals surface area contributed by atoms with E-state index in [9.17, 15) is 33.6 Å². The molecule has 1 saturated carbocycles. The second-order valence-electron chi connectivity index (χ2n) is 16.4. The number of unbranched alkanes of at least 4 members (excludes halogenated alkanes) is 1. The van der Waals surface area contributed by atoms with Crippen molar-refractivity contribution in [3.63, 3.8) is 0 Å². The van der Waals surface area contributed by atoms with Crippen LogP contribution in [0.5, 0.6) is 0 Å². The summed E-state index contributed by atoms with van der Waals surface area (Å²) in [6.07, 6.45) is 3.08. The third-order valence-electron chi connectivity index (χ3n) is 10.2. The zero-order valence-corrected chi connectivity index (χ0v) is 30.9. The Morgan fingerprint density at radius 3 is 2.14 bits per heavy atom. The number of rotatable bonds is 14. The van der Waals surface area contributed by atoms with Gasteiger partial charge in [-0.15, -0.1) is 6.58 Å². The van der Waals surface area contributed by atoms with Gasteiger partial charge in [0.25, 0.3) is 5.91 Å². The lowest BCUT2D eigenvalue weighted by atomic mass is 9.85. The Bertz CT molecular complexity index is 1350. The molecular weight excluding hydrogens is 630 g/mol. The molecule has 2 aliphatic heterocycles. The molecule has 0 bridgehead atoms. The van der Waals surface area contributed by atoms with Crippen LogP contribution in [0.1, 0.15) is 81.6 Å². The SMILES string of the molecule is C=CCNC(=O)C(=O)C(CCCC)NC(=O)[C@@H]1[C@@H]2[C@H](CN1C(=O)[C@@H](NC(=O)N[C@@H](CN1C(=O)CN(C)C1=O)C(C)(C)C)C(C)(C)C)C2(C)C. The van der Waals surface area contributed by atoms with Crippen LogP contribution in [0, 0.1) is 28.1 Å². The quantitative estimate of drug-likeness (QED) is 0.123. The highest BCUT2D eigenvalue weighted by Crippen LogP contribution is 2.65. The molecule has 0 aromatic carbocycles. The number of carbonyl (C=O) groups is 7. The Morgan fingerprint density at radius 2 is 1.63 bits per heavy atom. The van der Waals surface area contributed by atoms with E-state index < -0.39 is 70.6 Å². The maximum Gasteiger partial charge on any atom is 0.327 e. The maximum absolute atomic E-state index is 14.4. The highest BCUT2D eigenvalue weighted by Gasteiger charge is 2.70. The Labute approximate surface area is 290 Å². The van der Waals surface area contributed by atoms with Crippen molar-refractivity contribution in [2.24, 2.45) is 28.1 Å². The molecule has 3 aliphatic rings. The van der Waals surface area contributed by atoms with Crippen molar-refractivity contribution in [2.75, 3.05) is 33.2 Å². The van der Waals surface area contributed by atoms with Crippen LogP contribution in [-0.2, 0) is 24.0 Å². The van der Waals surface area contributed by atoms with Crippen molar-refractivity contribution in [1.29, 1.82) is 0 Å².